The zero-order chi connectivity index (χ0) is 15.4. The first-order valence-corrected chi connectivity index (χ1v) is 6.96. The number of aryl methyl sites for hydroxylation is 1. The molecule has 2 N–H and O–H groups in total. The molecule has 5 nitrogen and oxygen atoms in total. The van der Waals surface area contributed by atoms with Gasteiger partial charge in [-0.05, 0) is 18.4 Å². The van der Waals surface area contributed by atoms with E-state index in [-0.39, 0.29) is 0 Å². The van der Waals surface area contributed by atoms with Crippen molar-refractivity contribution in [2.24, 2.45) is 5.92 Å². The van der Waals surface area contributed by atoms with Crippen molar-refractivity contribution in [2.45, 2.75) is 33.9 Å². The van der Waals surface area contributed by atoms with Gasteiger partial charge in [0.15, 0.2) is 5.56 Å². The lowest BCUT2D eigenvalue weighted by atomic mass is 10.2. The molecule has 0 fully saturated rings. The average Bonchev–Trinajstić information content (AvgIpc) is 2.73. The van der Waals surface area contributed by atoms with E-state index in [1.54, 1.807) is 4.68 Å². The number of nitrogens with zero attached hydrogens (tertiary/aromatic N) is 3. The SMILES string of the molecule is Cc1ccc(COc2nn(CC(C)C)c(N)c2C#N)cc1. The minimum absolute atomic E-state index is 0.302. The Kier molecular flexibility index (Phi) is 4.49. The maximum absolute atomic E-state index is 9.22. The number of hydrogen-bond donors (Lipinski definition) is 1. The molecule has 110 valence electrons. The van der Waals surface area contributed by atoms with Crippen molar-refractivity contribution in [3.05, 3.63) is 41.0 Å². The van der Waals surface area contributed by atoms with Crippen LogP contribution in [-0.2, 0) is 13.2 Å². The summed E-state index contributed by atoms with van der Waals surface area (Å²) in [5, 5.41) is 13.5. The maximum atomic E-state index is 9.22. The number of nitrogen functional groups attached to an aromatic ring is 1. The van der Waals surface area contributed by atoms with Crippen molar-refractivity contribution >= 4 is 5.82 Å². The van der Waals surface area contributed by atoms with Crippen LogP contribution in [0.15, 0.2) is 24.3 Å². The largest absolute Gasteiger partial charge is 0.471 e. The minimum Gasteiger partial charge on any atom is -0.471 e. The van der Waals surface area contributed by atoms with Crippen molar-refractivity contribution in [1.82, 2.24) is 9.78 Å². The van der Waals surface area contributed by atoms with Gasteiger partial charge in [0, 0.05) is 6.54 Å². The van der Waals surface area contributed by atoms with E-state index in [0.717, 1.165) is 5.56 Å². The smallest absolute Gasteiger partial charge is 0.253 e. The molecule has 1 aromatic carbocycles. The Hall–Kier alpha value is -2.48. The summed E-state index contributed by atoms with van der Waals surface area (Å²) in [5.41, 5.74) is 8.48. The molecule has 0 bridgehead atoms. The summed E-state index contributed by atoms with van der Waals surface area (Å²) in [6.07, 6.45) is 0. The van der Waals surface area contributed by atoms with Crippen LogP contribution in [0.5, 0.6) is 5.88 Å². The molecule has 0 aliphatic carbocycles. The fourth-order valence-electron chi connectivity index (χ4n) is 1.98. The lowest BCUT2D eigenvalue weighted by molar-refractivity contribution is 0.287. The molecule has 2 aromatic rings. The molecule has 0 amide bonds. The van der Waals surface area contributed by atoms with Crippen LogP contribution < -0.4 is 10.5 Å². The van der Waals surface area contributed by atoms with Crippen molar-refractivity contribution in [3.63, 3.8) is 0 Å². The molecule has 1 aromatic heterocycles. The van der Waals surface area contributed by atoms with Crippen LogP contribution in [-0.4, -0.2) is 9.78 Å². The normalized spacial score (nSPS) is 10.6. The van der Waals surface area contributed by atoms with E-state index in [1.165, 1.54) is 5.56 Å². The van der Waals surface area contributed by atoms with E-state index < -0.39 is 0 Å². The summed E-state index contributed by atoms with van der Waals surface area (Å²) < 4.78 is 7.30. The van der Waals surface area contributed by atoms with E-state index >= 15 is 0 Å². The zero-order valence-electron chi connectivity index (χ0n) is 12.6. The van der Waals surface area contributed by atoms with Crippen molar-refractivity contribution < 1.29 is 4.74 Å². The number of anilines is 1. The lowest BCUT2D eigenvalue weighted by Crippen LogP contribution is -2.09. The predicted octanol–water partition coefficient (Wildman–Crippen LogP) is 2.88. The van der Waals surface area contributed by atoms with E-state index in [4.69, 9.17) is 10.5 Å². The fraction of sp³-hybridized carbons (Fsp3) is 0.375. The van der Waals surface area contributed by atoms with Gasteiger partial charge in [-0.2, -0.15) is 5.26 Å². The van der Waals surface area contributed by atoms with Gasteiger partial charge in [-0.15, -0.1) is 5.10 Å². The highest BCUT2D eigenvalue weighted by atomic mass is 16.5. The molecular formula is C16H20N4O. The third-order valence-corrected chi connectivity index (χ3v) is 3.11. The van der Waals surface area contributed by atoms with Gasteiger partial charge < -0.3 is 10.5 Å². The van der Waals surface area contributed by atoms with Gasteiger partial charge in [0.1, 0.15) is 18.5 Å². The molecule has 0 radical (unpaired) electrons. The monoisotopic (exact) mass is 284 g/mol. The van der Waals surface area contributed by atoms with Crippen LogP contribution in [0.2, 0.25) is 0 Å². The van der Waals surface area contributed by atoms with Crippen LogP contribution in [0, 0.1) is 24.2 Å². The molecule has 0 saturated heterocycles. The number of rotatable bonds is 5. The van der Waals surface area contributed by atoms with Gasteiger partial charge in [-0.1, -0.05) is 43.7 Å². The molecule has 21 heavy (non-hydrogen) atoms. The van der Waals surface area contributed by atoms with Gasteiger partial charge in [-0.25, -0.2) is 4.68 Å². The Morgan fingerprint density at radius 1 is 1.33 bits per heavy atom. The first-order valence-electron chi connectivity index (χ1n) is 6.96. The van der Waals surface area contributed by atoms with Crippen molar-refractivity contribution in [3.8, 4) is 11.9 Å². The van der Waals surface area contributed by atoms with Crippen LogP contribution >= 0.6 is 0 Å². The molecule has 1 heterocycles. The third kappa shape index (κ3) is 3.54. The summed E-state index contributed by atoms with van der Waals surface area (Å²) in [6, 6.07) is 10.1. The lowest BCUT2D eigenvalue weighted by Gasteiger charge is -2.06. The second kappa shape index (κ2) is 6.31. The van der Waals surface area contributed by atoms with Crippen molar-refractivity contribution in [1.29, 1.82) is 5.26 Å². The first kappa shape index (κ1) is 14.9. The van der Waals surface area contributed by atoms with Crippen molar-refractivity contribution in [2.75, 3.05) is 5.73 Å². The molecular weight excluding hydrogens is 264 g/mol. The third-order valence-electron chi connectivity index (χ3n) is 3.11. The maximum Gasteiger partial charge on any atom is 0.253 e. The van der Waals surface area contributed by atoms with Gasteiger partial charge in [-0.3, -0.25) is 0 Å². The molecule has 0 aliphatic heterocycles. The highest BCUT2D eigenvalue weighted by molar-refractivity contribution is 5.55. The number of hydrogen-bond acceptors (Lipinski definition) is 4. The minimum atomic E-state index is 0.302. The Bertz CT molecular complexity index is 650. The van der Waals surface area contributed by atoms with E-state index in [1.807, 2.05) is 31.2 Å². The molecule has 0 spiro atoms. The highest BCUT2D eigenvalue weighted by Gasteiger charge is 2.17. The van der Waals surface area contributed by atoms with Gasteiger partial charge in [0.05, 0.1) is 0 Å². The summed E-state index contributed by atoms with van der Waals surface area (Å²) in [7, 11) is 0. The Labute approximate surface area is 124 Å². The van der Waals surface area contributed by atoms with Gasteiger partial charge in [0.2, 0.25) is 0 Å². The van der Waals surface area contributed by atoms with E-state index in [9.17, 15) is 5.26 Å². The Morgan fingerprint density at radius 3 is 2.57 bits per heavy atom. The number of nitrogens with two attached hydrogens (primary N) is 1. The molecule has 5 heteroatoms. The predicted molar refractivity (Wildman–Crippen MR) is 81.7 cm³/mol. The molecule has 0 unspecified atom stereocenters. The van der Waals surface area contributed by atoms with E-state index in [2.05, 4.69) is 25.0 Å². The molecule has 0 atom stereocenters. The second-order valence-corrected chi connectivity index (χ2v) is 5.53. The Morgan fingerprint density at radius 2 is 2.00 bits per heavy atom. The molecule has 0 saturated carbocycles. The molecule has 0 aliphatic rings. The number of benzene rings is 1. The summed E-state index contributed by atoms with van der Waals surface area (Å²) in [5.74, 6) is 1.06. The van der Waals surface area contributed by atoms with Gasteiger partial charge >= 0.3 is 0 Å². The van der Waals surface area contributed by atoms with Crippen LogP contribution in [0.25, 0.3) is 0 Å². The summed E-state index contributed by atoms with van der Waals surface area (Å²) >= 11 is 0. The standard InChI is InChI=1S/C16H20N4O/c1-11(2)9-20-15(18)14(8-17)16(19-20)21-10-13-6-4-12(3)5-7-13/h4-7,11H,9-10,18H2,1-3H3. The number of nitriles is 1. The van der Waals surface area contributed by atoms with Gasteiger partial charge in [0.25, 0.3) is 5.88 Å². The van der Waals surface area contributed by atoms with Crippen LogP contribution in [0.4, 0.5) is 5.82 Å². The van der Waals surface area contributed by atoms with Crippen LogP contribution in [0.3, 0.4) is 0 Å². The summed E-state index contributed by atoms with van der Waals surface area (Å²) in [4.78, 5) is 0. The topological polar surface area (TPSA) is 76.9 Å². The second-order valence-electron chi connectivity index (χ2n) is 5.53. The summed E-state index contributed by atoms with van der Waals surface area (Å²) in [6.45, 7) is 7.20. The van der Waals surface area contributed by atoms with E-state index in [0.29, 0.717) is 36.3 Å². The fourth-order valence-corrected chi connectivity index (χ4v) is 1.98. The zero-order valence-corrected chi connectivity index (χ0v) is 12.6. The Balaban J connectivity index is 2.16. The number of ether oxygens (including phenoxy) is 1. The first-order chi connectivity index (χ1) is 10.0. The van der Waals surface area contributed by atoms with Crippen LogP contribution in [0.1, 0.15) is 30.5 Å². The number of aromatic nitrogens is 2. The average molecular weight is 284 g/mol. The highest BCUT2D eigenvalue weighted by Crippen LogP contribution is 2.24. The molecule has 2 rings (SSSR count). The quantitative estimate of drug-likeness (QED) is 0.915.